The van der Waals surface area contributed by atoms with E-state index in [1.54, 1.807) is 6.92 Å². The van der Waals surface area contributed by atoms with E-state index in [0.717, 1.165) is 29.5 Å². The van der Waals surface area contributed by atoms with Gasteiger partial charge in [0.1, 0.15) is 5.67 Å². The van der Waals surface area contributed by atoms with Gasteiger partial charge in [-0.3, -0.25) is 0 Å². The molecule has 0 saturated heterocycles. The van der Waals surface area contributed by atoms with Gasteiger partial charge in [0.25, 0.3) is 0 Å². The summed E-state index contributed by atoms with van der Waals surface area (Å²) >= 11 is 0. The molecule has 17 heavy (non-hydrogen) atoms. The molecule has 0 aliphatic rings. The van der Waals surface area contributed by atoms with E-state index in [1.807, 2.05) is 39.8 Å². The Kier molecular flexibility index (Phi) is 4.01. The quantitative estimate of drug-likeness (QED) is 0.678. The van der Waals surface area contributed by atoms with Gasteiger partial charge in [-0.25, -0.2) is 4.39 Å². The summed E-state index contributed by atoms with van der Waals surface area (Å²) in [5.41, 5.74) is 1.45. The van der Waals surface area contributed by atoms with Crippen molar-refractivity contribution in [3.63, 3.8) is 0 Å². The zero-order valence-electron chi connectivity index (χ0n) is 12.0. The van der Waals surface area contributed by atoms with Gasteiger partial charge in [-0.1, -0.05) is 52.3 Å². The van der Waals surface area contributed by atoms with Crippen LogP contribution in [0.5, 0.6) is 0 Å². The van der Waals surface area contributed by atoms with E-state index in [1.165, 1.54) is 0 Å². The van der Waals surface area contributed by atoms with Gasteiger partial charge in [-0.15, -0.1) is 0 Å². The number of benzene rings is 1. The number of halogens is 1. The number of hydrogen-bond donors (Lipinski definition) is 0. The van der Waals surface area contributed by atoms with Gasteiger partial charge in [-0.2, -0.15) is 0 Å². The van der Waals surface area contributed by atoms with Crippen LogP contribution in [0.4, 0.5) is 4.39 Å². The van der Waals surface area contributed by atoms with Gasteiger partial charge >= 0.3 is 0 Å². The van der Waals surface area contributed by atoms with Crippen molar-refractivity contribution >= 4 is 0 Å². The molecule has 0 nitrogen and oxygen atoms in total. The largest absolute Gasteiger partial charge is 0.238 e. The molecule has 0 aliphatic heterocycles. The zero-order valence-corrected chi connectivity index (χ0v) is 12.0. The van der Waals surface area contributed by atoms with Crippen molar-refractivity contribution < 1.29 is 4.39 Å². The van der Waals surface area contributed by atoms with Crippen LogP contribution in [0.3, 0.4) is 0 Å². The number of rotatable bonds is 3. The molecule has 1 unspecified atom stereocenters. The molecule has 0 amide bonds. The van der Waals surface area contributed by atoms with Crippen LogP contribution < -0.4 is 0 Å². The van der Waals surface area contributed by atoms with E-state index < -0.39 is 5.67 Å². The standard InChI is InChI=1S/C16H25F/c1-7-9-13-11-8-10-12(2)14(13)16(6,17)15(3,4)5/h8,10-11H,7,9H2,1-6H3. The Balaban J connectivity index is 3.38. The lowest BCUT2D eigenvalue weighted by molar-refractivity contribution is 0.0436. The van der Waals surface area contributed by atoms with Gasteiger partial charge in [-0.05, 0) is 42.4 Å². The van der Waals surface area contributed by atoms with Crippen LogP contribution in [0, 0.1) is 12.3 Å². The highest BCUT2D eigenvalue weighted by Crippen LogP contribution is 2.45. The summed E-state index contributed by atoms with van der Waals surface area (Å²) in [6.45, 7) is 11.8. The lowest BCUT2D eigenvalue weighted by Gasteiger charge is -2.37. The minimum atomic E-state index is -1.29. The minimum Gasteiger partial charge on any atom is -0.238 e. The van der Waals surface area contributed by atoms with Crippen LogP contribution in [0.15, 0.2) is 18.2 Å². The summed E-state index contributed by atoms with van der Waals surface area (Å²) in [6, 6.07) is 6.11. The molecule has 1 aromatic carbocycles. The van der Waals surface area contributed by atoms with Gasteiger partial charge in [0.2, 0.25) is 0 Å². The highest BCUT2D eigenvalue weighted by Gasteiger charge is 2.41. The number of alkyl halides is 1. The molecular weight excluding hydrogens is 211 g/mol. The molecular formula is C16H25F. The summed E-state index contributed by atoms with van der Waals surface area (Å²) < 4.78 is 15.2. The van der Waals surface area contributed by atoms with Crippen LogP contribution in [0.1, 0.15) is 57.7 Å². The van der Waals surface area contributed by atoms with E-state index in [-0.39, 0.29) is 5.41 Å². The van der Waals surface area contributed by atoms with Crippen LogP contribution in [-0.4, -0.2) is 0 Å². The van der Waals surface area contributed by atoms with Crippen LogP contribution in [0.25, 0.3) is 0 Å². The molecule has 1 aromatic rings. The van der Waals surface area contributed by atoms with Crippen LogP contribution >= 0.6 is 0 Å². The van der Waals surface area contributed by atoms with E-state index in [9.17, 15) is 0 Å². The number of hydrogen-bond acceptors (Lipinski definition) is 0. The Labute approximate surface area is 105 Å². The zero-order chi connectivity index (χ0) is 13.3. The van der Waals surface area contributed by atoms with Crippen molar-refractivity contribution in [3.8, 4) is 0 Å². The average Bonchev–Trinajstić information content (AvgIpc) is 2.15. The third-order valence-electron chi connectivity index (χ3n) is 3.76. The van der Waals surface area contributed by atoms with E-state index in [4.69, 9.17) is 0 Å². The van der Waals surface area contributed by atoms with Crippen molar-refractivity contribution in [2.24, 2.45) is 5.41 Å². The van der Waals surface area contributed by atoms with Crippen LogP contribution in [-0.2, 0) is 12.1 Å². The van der Waals surface area contributed by atoms with Crippen molar-refractivity contribution in [2.75, 3.05) is 0 Å². The molecule has 1 rings (SSSR count). The van der Waals surface area contributed by atoms with Crippen molar-refractivity contribution in [2.45, 2.75) is 60.1 Å². The molecule has 0 saturated carbocycles. The maximum atomic E-state index is 15.2. The second kappa shape index (κ2) is 4.80. The highest BCUT2D eigenvalue weighted by molar-refractivity contribution is 5.40. The first-order valence-electron chi connectivity index (χ1n) is 6.49. The normalized spacial score (nSPS) is 15.7. The fraction of sp³-hybridized carbons (Fsp3) is 0.625. The van der Waals surface area contributed by atoms with Gasteiger partial charge in [0, 0.05) is 0 Å². The summed E-state index contributed by atoms with van der Waals surface area (Å²) in [4.78, 5) is 0. The van der Waals surface area contributed by atoms with Crippen molar-refractivity contribution in [1.82, 2.24) is 0 Å². The first kappa shape index (κ1) is 14.2. The second-order valence-electron chi connectivity index (χ2n) is 6.11. The predicted molar refractivity (Wildman–Crippen MR) is 73.1 cm³/mol. The Bertz CT molecular complexity index is 383. The topological polar surface area (TPSA) is 0 Å². The molecule has 0 aromatic heterocycles. The summed E-state index contributed by atoms with van der Waals surface area (Å²) in [5.74, 6) is 0. The smallest absolute Gasteiger partial charge is 0.138 e. The Morgan fingerprint density at radius 2 is 1.71 bits per heavy atom. The molecule has 0 bridgehead atoms. The first-order valence-corrected chi connectivity index (χ1v) is 6.49. The fourth-order valence-electron chi connectivity index (χ4n) is 2.25. The second-order valence-corrected chi connectivity index (χ2v) is 6.11. The Morgan fingerprint density at radius 1 is 1.12 bits per heavy atom. The molecule has 0 fully saturated rings. The van der Waals surface area contributed by atoms with E-state index >= 15 is 4.39 Å². The lowest BCUT2D eigenvalue weighted by Crippen LogP contribution is -2.34. The Hall–Kier alpha value is -0.850. The van der Waals surface area contributed by atoms with E-state index in [0.29, 0.717) is 0 Å². The predicted octanol–water partition coefficient (Wildman–Crippen LogP) is 5.18. The van der Waals surface area contributed by atoms with Gasteiger partial charge in [0.05, 0.1) is 0 Å². The molecule has 96 valence electrons. The maximum Gasteiger partial charge on any atom is 0.138 e. The highest BCUT2D eigenvalue weighted by atomic mass is 19.1. The summed E-state index contributed by atoms with van der Waals surface area (Å²) in [6.07, 6.45) is 2.00. The number of aryl methyl sites for hydroxylation is 2. The Morgan fingerprint density at radius 3 is 2.18 bits per heavy atom. The van der Waals surface area contributed by atoms with Crippen molar-refractivity contribution in [3.05, 3.63) is 34.9 Å². The molecule has 0 spiro atoms. The first-order chi connectivity index (χ1) is 7.71. The molecule has 0 N–H and O–H groups in total. The molecule has 0 aliphatic carbocycles. The summed E-state index contributed by atoms with van der Waals surface area (Å²) in [7, 11) is 0. The van der Waals surface area contributed by atoms with Gasteiger partial charge < -0.3 is 0 Å². The van der Waals surface area contributed by atoms with Crippen molar-refractivity contribution in [1.29, 1.82) is 0 Å². The molecule has 1 heteroatoms. The lowest BCUT2D eigenvalue weighted by atomic mass is 9.72. The minimum absolute atomic E-state index is 0.387. The summed E-state index contributed by atoms with van der Waals surface area (Å²) in [5, 5.41) is 0. The van der Waals surface area contributed by atoms with Gasteiger partial charge in [0.15, 0.2) is 0 Å². The molecule has 0 heterocycles. The molecule has 1 atom stereocenters. The van der Waals surface area contributed by atoms with E-state index in [2.05, 4.69) is 13.0 Å². The average molecular weight is 236 g/mol. The SMILES string of the molecule is CCCc1cccc(C)c1C(C)(F)C(C)(C)C. The maximum absolute atomic E-state index is 15.2. The third-order valence-corrected chi connectivity index (χ3v) is 3.76. The monoisotopic (exact) mass is 236 g/mol. The molecule has 0 radical (unpaired) electrons. The third kappa shape index (κ3) is 2.70. The van der Waals surface area contributed by atoms with Crippen LogP contribution in [0.2, 0.25) is 0 Å². The fourth-order valence-corrected chi connectivity index (χ4v) is 2.25.